The Morgan fingerprint density at radius 1 is 1.09 bits per heavy atom. The second-order valence-corrected chi connectivity index (χ2v) is 7.50. The summed E-state index contributed by atoms with van der Waals surface area (Å²) in [6.07, 6.45) is -9.17. The third-order valence-corrected chi connectivity index (χ3v) is 4.67. The molecule has 0 amide bonds. The van der Waals surface area contributed by atoms with Crippen LogP contribution in [-0.4, -0.2) is 34.3 Å². The fourth-order valence-electron chi connectivity index (χ4n) is 2.15. The maximum atomic E-state index is 13.0. The van der Waals surface area contributed by atoms with Gasteiger partial charge in [0.2, 0.25) is 0 Å². The molecule has 0 fully saturated rings. The van der Waals surface area contributed by atoms with Crippen molar-refractivity contribution in [3.63, 3.8) is 0 Å². The van der Waals surface area contributed by atoms with Crippen LogP contribution >= 0.6 is 35.0 Å². The van der Waals surface area contributed by atoms with Crippen molar-refractivity contribution in [2.24, 2.45) is 4.99 Å². The van der Waals surface area contributed by atoms with Crippen LogP contribution < -0.4 is 5.32 Å². The highest BCUT2D eigenvalue weighted by Crippen LogP contribution is 2.46. The molecule has 2 aromatic rings. The smallest absolute Gasteiger partial charge is 0.367 e. The van der Waals surface area contributed by atoms with Gasteiger partial charge in [-0.2, -0.15) is 49.9 Å². The van der Waals surface area contributed by atoms with Gasteiger partial charge in [-0.05, 0) is 23.9 Å². The molecule has 0 bridgehead atoms. The Hall–Kier alpha value is -2.31. The molecule has 32 heavy (non-hydrogen) atoms. The summed E-state index contributed by atoms with van der Waals surface area (Å²) in [5.74, 6) is -0.845. The summed E-state index contributed by atoms with van der Waals surface area (Å²) in [5.41, 5.74) is -7.71. The minimum atomic E-state index is -4.98. The quantitative estimate of drug-likeness (QED) is 0.208. The highest BCUT2D eigenvalue weighted by atomic mass is 35.5. The number of hydrogen-bond donors (Lipinski definition) is 1. The van der Waals surface area contributed by atoms with Crippen LogP contribution in [0.3, 0.4) is 0 Å². The number of rotatable bonds is 5. The number of nitrogens with one attached hydrogen (secondary N) is 1. The highest BCUT2D eigenvalue weighted by molar-refractivity contribution is 8.00. The molecule has 0 atom stereocenters. The van der Waals surface area contributed by atoms with Crippen molar-refractivity contribution in [3.05, 3.63) is 33.4 Å². The molecule has 0 aliphatic carbocycles. The van der Waals surface area contributed by atoms with Gasteiger partial charge in [0.25, 0.3) is 0 Å². The number of nitrogens with zero attached hydrogens (tertiary/aromatic N) is 4. The van der Waals surface area contributed by atoms with E-state index in [-0.39, 0.29) is 0 Å². The summed E-state index contributed by atoms with van der Waals surface area (Å²) >= 11 is 10.8. The first kappa shape index (κ1) is 25.9. The van der Waals surface area contributed by atoms with Gasteiger partial charge in [-0.15, -0.1) is 0 Å². The van der Waals surface area contributed by atoms with Crippen molar-refractivity contribution in [2.75, 3.05) is 6.54 Å². The molecule has 5 nitrogen and oxygen atoms in total. The minimum Gasteiger partial charge on any atom is -0.367 e. The molecule has 0 unspecified atom stereocenters. The van der Waals surface area contributed by atoms with Gasteiger partial charge in [0.05, 0.1) is 26.8 Å². The van der Waals surface area contributed by atoms with Crippen LogP contribution in [0.4, 0.5) is 45.3 Å². The van der Waals surface area contributed by atoms with Crippen LogP contribution in [0.2, 0.25) is 10.0 Å². The zero-order valence-electron chi connectivity index (χ0n) is 14.8. The lowest BCUT2D eigenvalue weighted by molar-refractivity contribution is -0.137. The number of aromatic nitrogens is 2. The molecule has 1 N–H and O–H groups in total. The second-order valence-electron chi connectivity index (χ2n) is 5.61. The molecule has 0 aliphatic heterocycles. The monoisotopic (exact) mass is 529 g/mol. The summed E-state index contributed by atoms with van der Waals surface area (Å²) in [5, 5.41) is 12.9. The van der Waals surface area contributed by atoms with Crippen LogP contribution in [0, 0.1) is 11.3 Å². The maximum absolute atomic E-state index is 13.0. The van der Waals surface area contributed by atoms with E-state index in [2.05, 4.69) is 10.1 Å². The molecule has 1 aromatic carbocycles. The van der Waals surface area contributed by atoms with Crippen LogP contribution in [0.15, 0.2) is 22.0 Å². The Morgan fingerprint density at radius 2 is 1.66 bits per heavy atom. The van der Waals surface area contributed by atoms with Crippen LogP contribution in [0.1, 0.15) is 11.3 Å². The first-order chi connectivity index (χ1) is 14.5. The third-order valence-electron chi connectivity index (χ3n) is 3.28. The SMILES string of the molecule is N#Cc1nn(-c2c(Cl)cc(C(F)(F)F)cc2Cl)c(/N=C/NCC(F)(F)F)c1SC(F)(F)F. The average Bonchev–Trinajstić information content (AvgIpc) is 2.92. The first-order valence-electron chi connectivity index (χ1n) is 7.71. The Balaban J connectivity index is 2.70. The number of benzene rings is 1. The van der Waals surface area contributed by atoms with Gasteiger partial charge in [-0.25, -0.2) is 9.67 Å². The summed E-state index contributed by atoms with van der Waals surface area (Å²) in [6.45, 7) is -1.60. The second kappa shape index (κ2) is 9.28. The Kier molecular flexibility index (Phi) is 7.52. The molecular weight excluding hydrogens is 524 g/mol. The molecule has 0 radical (unpaired) electrons. The Labute approximate surface area is 186 Å². The van der Waals surface area contributed by atoms with Crippen molar-refractivity contribution in [1.82, 2.24) is 15.1 Å². The van der Waals surface area contributed by atoms with Crippen molar-refractivity contribution in [1.29, 1.82) is 5.26 Å². The van der Waals surface area contributed by atoms with E-state index in [1.807, 2.05) is 0 Å². The Bertz CT molecular complexity index is 1040. The molecule has 17 heteroatoms. The van der Waals surface area contributed by atoms with Crippen LogP contribution in [0.25, 0.3) is 5.69 Å². The molecule has 0 saturated carbocycles. The maximum Gasteiger partial charge on any atom is 0.446 e. The standard InChI is InChI=1S/C15H6Cl2F9N5S/c16-7-1-6(14(21,22)23)2-8(17)10(7)31-12(29-5-28-4-13(18,19)20)11(9(3-27)30-31)32-15(24,25)26/h1-2,5H,4H2,(H,28,29). The zero-order valence-corrected chi connectivity index (χ0v) is 17.1. The van der Waals surface area contributed by atoms with Gasteiger partial charge in [0.15, 0.2) is 11.5 Å². The lowest BCUT2D eigenvalue weighted by Crippen LogP contribution is -2.27. The largest absolute Gasteiger partial charge is 0.446 e. The van der Waals surface area contributed by atoms with Gasteiger partial charge in [-0.1, -0.05) is 23.2 Å². The highest BCUT2D eigenvalue weighted by Gasteiger charge is 2.36. The number of hydrogen-bond acceptors (Lipinski definition) is 4. The molecule has 0 aliphatic rings. The van der Waals surface area contributed by atoms with E-state index in [0.717, 1.165) is 0 Å². The predicted molar refractivity (Wildman–Crippen MR) is 97.4 cm³/mol. The molecule has 1 aromatic heterocycles. The van der Waals surface area contributed by atoms with Crippen molar-refractivity contribution < 1.29 is 39.5 Å². The number of thioether (sulfide) groups is 1. The number of halogens is 11. The predicted octanol–water partition coefficient (Wildman–Crippen LogP) is 6.49. The van der Waals surface area contributed by atoms with Crippen molar-refractivity contribution in [2.45, 2.75) is 22.8 Å². The number of aliphatic imine (C=N–C) groups is 1. The molecule has 2 rings (SSSR count). The minimum absolute atomic E-state index is 0.383. The normalized spacial score (nSPS) is 12.9. The lowest BCUT2D eigenvalue weighted by atomic mass is 10.2. The Morgan fingerprint density at radius 3 is 2.09 bits per heavy atom. The molecule has 0 spiro atoms. The summed E-state index contributed by atoms with van der Waals surface area (Å²) in [4.78, 5) is 2.51. The van der Waals surface area contributed by atoms with Gasteiger partial charge in [0, 0.05) is 0 Å². The topological polar surface area (TPSA) is 66.0 Å². The molecule has 174 valence electrons. The average molecular weight is 530 g/mol. The van der Waals surface area contributed by atoms with Gasteiger partial charge < -0.3 is 5.32 Å². The van der Waals surface area contributed by atoms with E-state index < -0.39 is 73.9 Å². The fourth-order valence-corrected chi connectivity index (χ4v) is 3.44. The lowest BCUT2D eigenvalue weighted by Gasteiger charge is -2.13. The zero-order chi connectivity index (χ0) is 24.5. The molecule has 1 heterocycles. The molecular formula is C15H6Cl2F9N5S. The molecule has 0 saturated heterocycles. The summed E-state index contributed by atoms with van der Waals surface area (Å²) in [7, 11) is 0. The van der Waals surface area contributed by atoms with E-state index in [0.29, 0.717) is 23.2 Å². The van der Waals surface area contributed by atoms with E-state index in [4.69, 9.17) is 28.5 Å². The third kappa shape index (κ3) is 6.59. The first-order valence-corrected chi connectivity index (χ1v) is 9.29. The van der Waals surface area contributed by atoms with E-state index in [1.54, 1.807) is 5.32 Å². The van der Waals surface area contributed by atoms with Gasteiger partial charge >= 0.3 is 17.9 Å². The van der Waals surface area contributed by atoms with Crippen molar-refractivity contribution in [3.8, 4) is 11.8 Å². The summed E-state index contributed by atoms with van der Waals surface area (Å²) in [6, 6.07) is 2.16. The van der Waals surface area contributed by atoms with E-state index in [9.17, 15) is 39.5 Å². The van der Waals surface area contributed by atoms with Gasteiger partial charge in [0.1, 0.15) is 18.3 Å². The summed E-state index contributed by atoms with van der Waals surface area (Å²) < 4.78 is 115. The fraction of sp³-hybridized carbons (Fsp3) is 0.267. The van der Waals surface area contributed by atoms with E-state index in [1.165, 1.54) is 6.07 Å². The van der Waals surface area contributed by atoms with Gasteiger partial charge in [-0.3, -0.25) is 0 Å². The van der Waals surface area contributed by atoms with Crippen molar-refractivity contribution >= 4 is 47.1 Å². The van der Waals surface area contributed by atoms with Crippen LogP contribution in [-0.2, 0) is 6.18 Å². The number of nitriles is 1. The van der Waals surface area contributed by atoms with Crippen LogP contribution in [0.5, 0.6) is 0 Å². The number of alkyl halides is 9. The van der Waals surface area contributed by atoms with E-state index >= 15 is 0 Å².